The minimum absolute atomic E-state index is 0.0960. The van der Waals surface area contributed by atoms with Crippen molar-refractivity contribution in [3.8, 4) is 0 Å². The van der Waals surface area contributed by atoms with Crippen molar-refractivity contribution in [3.63, 3.8) is 0 Å². The van der Waals surface area contributed by atoms with Gasteiger partial charge in [-0.25, -0.2) is 13.1 Å². The summed E-state index contributed by atoms with van der Waals surface area (Å²) < 4.78 is 30.5. The minimum atomic E-state index is -3.39. The molecular formula is C11H22N2O4S. The first-order valence-electron chi connectivity index (χ1n) is 6.40. The molecule has 1 unspecified atom stereocenters. The number of sulfonamides is 1. The van der Waals surface area contributed by atoms with Crippen LogP contribution < -0.4 is 10.0 Å². The van der Waals surface area contributed by atoms with Gasteiger partial charge in [0.2, 0.25) is 10.0 Å². The van der Waals surface area contributed by atoms with E-state index in [9.17, 15) is 13.2 Å². The van der Waals surface area contributed by atoms with Crippen LogP contribution in [-0.4, -0.2) is 45.9 Å². The van der Waals surface area contributed by atoms with E-state index >= 15 is 0 Å². The Morgan fingerprint density at radius 3 is 2.83 bits per heavy atom. The van der Waals surface area contributed by atoms with Crippen molar-refractivity contribution in [2.24, 2.45) is 0 Å². The highest BCUT2D eigenvalue weighted by molar-refractivity contribution is 7.89. The van der Waals surface area contributed by atoms with Crippen molar-refractivity contribution in [2.45, 2.75) is 38.6 Å². The zero-order chi connectivity index (χ0) is 13.4. The lowest BCUT2D eigenvalue weighted by atomic mass is 10.1. The van der Waals surface area contributed by atoms with Gasteiger partial charge in [-0.15, -0.1) is 0 Å². The van der Waals surface area contributed by atoms with Gasteiger partial charge in [-0.3, -0.25) is 4.79 Å². The van der Waals surface area contributed by atoms with Gasteiger partial charge in [0.25, 0.3) is 0 Å². The van der Waals surface area contributed by atoms with Gasteiger partial charge < -0.3 is 10.1 Å². The number of hydrogen-bond acceptors (Lipinski definition) is 5. The average molecular weight is 278 g/mol. The second-order valence-corrected chi connectivity index (χ2v) is 6.30. The van der Waals surface area contributed by atoms with E-state index in [1.165, 1.54) is 0 Å². The quantitative estimate of drug-likeness (QED) is 0.640. The number of hydrogen-bond donors (Lipinski definition) is 2. The van der Waals surface area contributed by atoms with Crippen LogP contribution in [0.3, 0.4) is 0 Å². The summed E-state index contributed by atoms with van der Waals surface area (Å²) in [5.41, 5.74) is 0. The lowest BCUT2D eigenvalue weighted by Gasteiger charge is -2.23. The summed E-state index contributed by atoms with van der Waals surface area (Å²) in [7, 11) is -3.39. The molecule has 1 aliphatic rings. The van der Waals surface area contributed by atoms with Crippen LogP contribution in [0.25, 0.3) is 0 Å². The highest BCUT2D eigenvalue weighted by Gasteiger charge is 2.17. The maximum atomic E-state index is 11.6. The summed E-state index contributed by atoms with van der Waals surface area (Å²) in [6, 6.07) is 0.205. The fourth-order valence-electron chi connectivity index (χ4n) is 1.85. The van der Waals surface area contributed by atoms with Crippen LogP contribution in [0.2, 0.25) is 0 Å². The molecule has 1 atom stereocenters. The fourth-order valence-corrected chi connectivity index (χ4v) is 2.88. The molecule has 1 heterocycles. The molecule has 6 nitrogen and oxygen atoms in total. The van der Waals surface area contributed by atoms with Gasteiger partial charge in [0.15, 0.2) is 0 Å². The summed E-state index contributed by atoms with van der Waals surface area (Å²) >= 11 is 0. The number of carbonyl (C=O) groups is 1. The van der Waals surface area contributed by atoms with E-state index in [1.54, 1.807) is 6.92 Å². The van der Waals surface area contributed by atoms with Crippen molar-refractivity contribution < 1.29 is 17.9 Å². The van der Waals surface area contributed by atoms with Gasteiger partial charge >= 0.3 is 5.97 Å². The molecule has 0 amide bonds. The Morgan fingerprint density at radius 1 is 1.44 bits per heavy atom. The van der Waals surface area contributed by atoms with Crippen molar-refractivity contribution in [2.75, 3.05) is 25.4 Å². The Bertz CT molecular complexity index is 350. The predicted octanol–water partition coefficient (Wildman–Crippen LogP) is 0.00110. The molecule has 0 saturated carbocycles. The first-order chi connectivity index (χ1) is 8.53. The molecule has 0 aromatic rings. The second-order valence-electron chi connectivity index (χ2n) is 4.37. The molecule has 0 aromatic heterocycles. The van der Waals surface area contributed by atoms with E-state index in [0.29, 0.717) is 6.54 Å². The summed E-state index contributed by atoms with van der Waals surface area (Å²) in [5.74, 6) is -0.683. The molecule has 1 saturated heterocycles. The molecular weight excluding hydrogens is 256 g/mol. The minimum Gasteiger partial charge on any atom is -0.466 e. The van der Waals surface area contributed by atoms with Crippen LogP contribution in [0.5, 0.6) is 0 Å². The van der Waals surface area contributed by atoms with Crippen LogP contribution in [-0.2, 0) is 19.6 Å². The van der Waals surface area contributed by atoms with Gasteiger partial charge in [0.1, 0.15) is 0 Å². The van der Waals surface area contributed by atoms with Gasteiger partial charge in [-0.05, 0) is 26.3 Å². The van der Waals surface area contributed by atoms with Crippen LogP contribution in [0.1, 0.15) is 32.6 Å². The van der Waals surface area contributed by atoms with E-state index in [1.807, 2.05) is 0 Å². The zero-order valence-electron chi connectivity index (χ0n) is 10.8. The highest BCUT2D eigenvalue weighted by Crippen LogP contribution is 2.06. The molecule has 1 fully saturated rings. The number of rotatable bonds is 7. The fraction of sp³-hybridized carbons (Fsp3) is 0.909. The first-order valence-corrected chi connectivity index (χ1v) is 8.05. The predicted molar refractivity (Wildman–Crippen MR) is 68.7 cm³/mol. The Kier molecular flexibility index (Phi) is 6.59. The molecule has 0 bridgehead atoms. The second kappa shape index (κ2) is 7.70. The van der Waals surface area contributed by atoms with Crippen LogP contribution >= 0.6 is 0 Å². The van der Waals surface area contributed by atoms with Gasteiger partial charge in [-0.1, -0.05) is 6.42 Å². The monoisotopic (exact) mass is 278 g/mol. The van der Waals surface area contributed by atoms with Gasteiger partial charge in [-0.2, -0.15) is 0 Å². The summed E-state index contributed by atoms with van der Waals surface area (Å²) in [6.45, 7) is 3.30. The number of piperidine rings is 1. The van der Waals surface area contributed by atoms with E-state index < -0.39 is 16.0 Å². The molecule has 106 valence electrons. The Morgan fingerprint density at radius 2 is 2.22 bits per heavy atom. The van der Waals surface area contributed by atoms with Crippen molar-refractivity contribution in [1.29, 1.82) is 0 Å². The third-order valence-electron chi connectivity index (χ3n) is 2.84. The Hall–Kier alpha value is -0.660. The summed E-state index contributed by atoms with van der Waals surface area (Å²) in [6.07, 6.45) is 3.16. The maximum absolute atomic E-state index is 11.6. The number of nitrogens with one attached hydrogen (secondary N) is 2. The molecule has 0 aromatic carbocycles. The molecule has 0 aliphatic carbocycles. The average Bonchev–Trinajstić information content (AvgIpc) is 2.36. The van der Waals surface area contributed by atoms with E-state index in [-0.39, 0.29) is 24.8 Å². The van der Waals surface area contributed by atoms with Gasteiger partial charge in [0.05, 0.1) is 18.8 Å². The zero-order valence-corrected chi connectivity index (χ0v) is 11.6. The molecule has 18 heavy (non-hydrogen) atoms. The molecule has 1 aliphatic heterocycles. The lowest BCUT2D eigenvalue weighted by Crippen LogP contribution is -2.44. The number of carbonyl (C=O) groups excluding carboxylic acids is 1. The highest BCUT2D eigenvalue weighted by atomic mass is 32.2. The molecule has 7 heteroatoms. The van der Waals surface area contributed by atoms with E-state index in [4.69, 9.17) is 0 Å². The Balaban J connectivity index is 2.24. The first kappa shape index (κ1) is 15.4. The van der Waals surface area contributed by atoms with Crippen LogP contribution in [0.15, 0.2) is 0 Å². The van der Waals surface area contributed by atoms with Crippen molar-refractivity contribution >= 4 is 16.0 Å². The lowest BCUT2D eigenvalue weighted by molar-refractivity contribution is -0.142. The number of esters is 1. The topological polar surface area (TPSA) is 84.5 Å². The largest absolute Gasteiger partial charge is 0.466 e. The van der Waals surface area contributed by atoms with Crippen molar-refractivity contribution in [3.05, 3.63) is 0 Å². The third-order valence-corrected chi connectivity index (χ3v) is 4.19. The van der Waals surface area contributed by atoms with Crippen LogP contribution in [0.4, 0.5) is 0 Å². The summed E-state index contributed by atoms with van der Waals surface area (Å²) in [5, 5.41) is 3.26. The van der Waals surface area contributed by atoms with E-state index in [2.05, 4.69) is 14.8 Å². The van der Waals surface area contributed by atoms with Crippen LogP contribution in [0, 0.1) is 0 Å². The third kappa shape index (κ3) is 6.32. The summed E-state index contributed by atoms with van der Waals surface area (Å²) in [4.78, 5) is 11.1. The Labute approximate surface area is 109 Å². The smallest absolute Gasteiger partial charge is 0.306 e. The van der Waals surface area contributed by atoms with Gasteiger partial charge in [0, 0.05) is 12.6 Å². The maximum Gasteiger partial charge on any atom is 0.306 e. The molecule has 0 radical (unpaired) electrons. The molecule has 2 N–H and O–H groups in total. The molecule has 0 spiro atoms. The molecule has 1 rings (SSSR count). The standard InChI is InChI=1S/C11H22N2O4S/c1-2-17-11(14)6-8-18(15,16)13-9-10-5-3-4-7-12-10/h10,12-13H,2-9H2,1H3. The number of ether oxygens (including phenoxy) is 1. The van der Waals surface area contributed by atoms with Crippen molar-refractivity contribution in [1.82, 2.24) is 10.0 Å². The van der Waals surface area contributed by atoms with E-state index in [0.717, 1.165) is 25.8 Å². The SMILES string of the molecule is CCOC(=O)CCS(=O)(=O)NCC1CCCCN1. The normalized spacial score (nSPS) is 20.6.